The molecule has 0 aliphatic carbocycles. The third-order valence-corrected chi connectivity index (χ3v) is 3.92. The van der Waals surface area contributed by atoms with Crippen LogP contribution in [0, 0.1) is 5.92 Å². The second-order valence-electron chi connectivity index (χ2n) is 5.32. The maximum absolute atomic E-state index is 12.2. The summed E-state index contributed by atoms with van der Waals surface area (Å²) in [5, 5.41) is 6.35. The monoisotopic (exact) mass is 260 g/mol. The molecule has 2 atom stereocenters. The summed E-state index contributed by atoms with van der Waals surface area (Å²) < 4.78 is 5.52. The van der Waals surface area contributed by atoms with Crippen molar-refractivity contribution in [3.05, 3.63) is 29.8 Å². The lowest BCUT2D eigenvalue weighted by Gasteiger charge is -2.25. The molecule has 4 nitrogen and oxygen atoms in total. The summed E-state index contributed by atoms with van der Waals surface area (Å²) in [5.41, 5.74) is 2.39. The van der Waals surface area contributed by atoms with Crippen LogP contribution in [0.3, 0.4) is 0 Å². The highest BCUT2D eigenvalue weighted by atomic mass is 16.5. The number of rotatable bonds is 3. The molecule has 19 heavy (non-hydrogen) atoms. The average molecular weight is 260 g/mol. The second-order valence-corrected chi connectivity index (χ2v) is 5.32. The van der Waals surface area contributed by atoms with Crippen molar-refractivity contribution in [2.45, 2.75) is 25.4 Å². The van der Waals surface area contributed by atoms with Gasteiger partial charge in [-0.3, -0.25) is 4.79 Å². The number of amides is 1. The van der Waals surface area contributed by atoms with E-state index in [0.29, 0.717) is 13.1 Å². The molecule has 2 aliphatic rings. The van der Waals surface area contributed by atoms with Gasteiger partial charge < -0.3 is 15.4 Å². The zero-order valence-electron chi connectivity index (χ0n) is 11.0. The van der Waals surface area contributed by atoms with Crippen LogP contribution in [0.2, 0.25) is 0 Å². The first-order valence-corrected chi connectivity index (χ1v) is 7.04. The highest BCUT2D eigenvalue weighted by Gasteiger charge is 2.25. The Labute approximate surface area is 113 Å². The third kappa shape index (κ3) is 2.89. The summed E-state index contributed by atoms with van der Waals surface area (Å²) in [4.78, 5) is 12.2. The van der Waals surface area contributed by atoms with Crippen LogP contribution in [0.4, 0.5) is 5.69 Å². The predicted octanol–water partition coefficient (Wildman–Crippen LogP) is 1.57. The van der Waals surface area contributed by atoms with Crippen LogP contribution in [-0.2, 0) is 16.0 Å². The van der Waals surface area contributed by atoms with Crippen molar-refractivity contribution in [2.75, 3.05) is 25.0 Å². The van der Waals surface area contributed by atoms with E-state index < -0.39 is 0 Å². The molecule has 0 radical (unpaired) electrons. The molecule has 2 N–H and O–H groups in total. The van der Waals surface area contributed by atoms with Crippen LogP contribution < -0.4 is 10.6 Å². The normalized spacial score (nSPS) is 25.5. The first-order chi connectivity index (χ1) is 9.33. The van der Waals surface area contributed by atoms with Crippen molar-refractivity contribution in [3.63, 3.8) is 0 Å². The van der Waals surface area contributed by atoms with Crippen LogP contribution in [-0.4, -0.2) is 31.7 Å². The van der Waals surface area contributed by atoms with Gasteiger partial charge in [-0.2, -0.15) is 0 Å². The molecule has 102 valence electrons. The van der Waals surface area contributed by atoms with Crippen molar-refractivity contribution in [3.8, 4) is 0 Å². The second kappa shape index (κ2) is 5.61. The summed E-state index contributed by atoms with van der Waals surface area (Å²) >= 11 is 0. The predicted molar refractivity (Wildman–Crippen MR) is 74.1 cm³/mol. The summed E-state index contributed by atoms with van der Waals surface area (Å²) in [5.74, 6) is 0.161. The number of carbonyl (C=O) groups is 1. The molecule has 1 aromatic carbocycles. The number of anilines is 1. The van der Waals surface area contributed by atoms with Gasteiger partial charge in [-0.1, -0.05) is 18.2 Å². The summed E-state index contributed by atoms with van der Waals surface area (Å²) in [6, 6.07) is 8.19. The molecule has 0 spiro atoms. The lowest BCUT2D eigenvalue weighted by Crippen LogP contribution is -2.41. The van der Waals surface area contributed by atoms with Crippen LogP contribution >= 0.6 is 0 Å². The number of hydrogen-bond acceptors (Lipinski definition) is 3. The van der Waals surface area contributed by atoms with Crippen LogP contribution in [0.5, 0.6) is 0 Å². The van der Waals surface area contributed by atoms with Gasteiger partial charge in [0.15, 0.2) is 0 Å². The van der Waals surface area contributed by atoms with Gasteiger partial charge in [-0.15, -0.1) is 0 Å². The zero-order valence-corrected chi connectivity index (χ0v) is 11.0. The number of fused-ring (bicyclic) bond motifs is 1. The molecule has 0 aromatic heterocycles. The third-order valence-electron chi connectivity index (χ3n) is 3.92. The largest absolute Gasteiger partial charge is 0.384 e. The fraction of sp³-hybridized carbons (Fsp3) is 0.533. The van der Waals surface area contributed by atoms with E-state index in [1.165, 1.54) is 5.56 Å². The van der Waals surface area contributed by atoms with E-state index in [-0.39, 0.29) is 17.9 Å². The average Bonchev–Trinajstić information content (AvgIpc) is 2.97. The van der Waals surface area contributed by atoms with Gasteiger partial charge >= 0.3 is 0 Å². The minimum absolute atomic E-state index is 0.0244. The van der Waals surface area contributed by atoms with Gasteiger partial charge in [0.2, 0.25) is 5.91 Å². The van der Waals surface area contributed by atoms with Crippen molar-refractivity contribution in [2.24, 2.45) is 5.92 Å². The van der Waals surface area contributed by atoms with Gasteiger partial charge in [0.1, 0.15) is 0 Å². The van der Waals surface area contributed by atoms with E-state index in [2.05, 4.69) is 22.8 Å². The van der Waals surface area contributed by atoms with E-state index in [1.807, 2.05) is 12.1 Å². The molecule has 2 unspecified atom stereocenters. The van der Waals surface area contributed by atoms with Gasteiger partial charge in [0, 0.05) is 25.4 Å². The standard InChI is InChI=1S/C15H20N2O2/c18-15(17-10-13-5-3-7-19-13)12-8-11-4-1-2-6-14(11)16-9-12/h1-2,4,6,12-13,16H,3,5,7-10H2,(H,17,18). The first-order valence-electron chi connectivity index (χ1n) is 7.04. The van der Waals surface area contributed by atoms with E-state index in [4.69, 9.17) is 4.74 Å². The molecule has 1 aromatic rings. The minimum atomic E-state index is 0.0244. The molecule has 4 heteroatoms. The Kier molecular flexibility index (Phi) is 3.69. The molecular weight excluding hydrogens is 240 g/mol. The summed E-state index contributed by atoms with van der Waals surface area (Å²) in [6.45, 7) is 2.20. The highest BCUT2D eigenvalue weighted by Crippen LogP contribution is 2.24. The van der Waals surface area contributed by atoms with Gasteiger partial charge in [-0.05, 0) is 30.9 Å². The molecule has 2 heterocycles. The molecular formula is C15H20N2O2. The number of ether oxygens (including phenoxy) is 1. The van der Waals surface area contributed by atoms with Crippen molar-refractivity contribution in [1.29, 1.82) is 0 Å². The molecule has 1 saturated heterocycles. The Morgan fingerprint density at radius 3 is 3.16 bits per heavy atom. The minimum Gasteiger partial charge on any atom is -0.384 e. The number of nitrogens with one attached hydrogen (secondary N) is 2. The number of para-hydroxylation sites is 1. The number of hydrogen-bond donors (Lipinski definition) is 2. The summed E-state index contributed by atoms with van der Waals surface area (Å²) in [6.07, 6.45) is 3.21. The van der Waals surface area contributed by atoms with E-state index in [9.17, 15) is 4.79 Å². The topological polar surface area (TPSA) is 50.4 Å². The molecule has 0 bridgehead atoms. The van der Waals surface area contributed by atoms with Gasteiger partial charge in [0.25, 0.3) is 0 Å². The Bertz CT molecular complexity index is 455. The lowest BCUT2D eigenvalue weighted by molar-refractivity contribution is -0.125. The van der Waals surface area contributed by atoms with E-state index in [0.717, 1.165) is 31.6 Å². The molecule has 2 aliphatic heterocycles. The van der Waals surface area contributed by atoms with Crippen molar-refractivity contribution in [1.82, 2.24) is 5.32 Å². The van der Waals surface area contributed by atoms with Crippen LogP contribution in [0.1, 0.15) is 18.4 Å². The van der Waals surface area contributed by atoms with Crippen molar-refractivity contribution < 1.29 is 9.53 Å². The maximum atomic E-state index is 12.2. The lowest BCUT2D eigenvalue weighted by atomic mass is 9.93. The van der Waals surface area contributed by atoms with Crippen LogP contribution in [0.25, 0.3) is 0 Å². The smallest absolute Gasteiger partial charge is 0.225 e. The Hall–Kier alpha value is -1.55. The molecule has 3 rings (SSSR count). The van der Waals surface area contributed by atoms with E-state index in [1.54, 1.807) is 0 Å². The van der Waals surface area contributed by atoms with Crippen molar-refractivity contribution >= 4 is 11.6 Å². The fourth-order valence-corrected chi connectivity index (χ4v) is 2.79. The number of carbonyl (C=O) groups excluding carboxylic acids is 1. The molecule has 0 saturated carbocycles. The Balaban J connectivity index is 1.54. The SMILES string of the molecule is O=C(NCC1CCCO1)C1CNc2ccccc2C1. The Morgan fingerprint density at radius 1 is 1.42 bits per heavy atom. The van der Waals surface area contributed by atoms with Gasteiger partial charge in [-0.25, -0.2) is 0 Å². The van der Waals surface area contributed by atoms with Crippen LogP contribution in [0.15, 0.2) is 24.3 Å². The maximum Gasteiger partial charge on any atom is 0.225 e. The quantitative estimate of drug-likeness (QED) is 0.867. The van der Waals surface area contributed by atoms with E-state index >= 15 is 0 Å². The first kappa shape index (κ1) is 12.5. The van der Waals surface area contributed by atoms with Gasteiger partial charge in [0.05, 0.1) is 12.0 Å². The fourth-order valence-electron chi connectivity index (χ4n) is 2.79. The zero-order chi connectivity index (χ0) is 13.1. The number of benzene rings is 1. The molecule has 1 amide bonds. The Morgan fingerprint density at radius 2 is 2.32 bits per heavy atom. The molecule has 1 fully saturated rings. The highest BCUT2D eigenvalue weighted by molar-refractivity contribution is 5.80. The summed E-state index contributed by atoms with van der Waals surface area (Å²) in [7, 11) is 0.